The van der Waals surface area contributed by atoms with Crippen LogP contribution in [-0.2, 0) is 0 Å². The molecule has 0 N–H and O–H groups in total. The SMILES string of the molecule is c1cc(-c2ccc(N(c3ccc(-c4ccc(-c5cccc6ccccc56)cc4)cc3)c3ccc(-n4c5ccccc5c5ccccc54)cc3)cc2)cc(-n2c3ccccc3c3ccccc32)c1. The number of fused-ring (bicyclic) bond motifs is 7. The molecule has 314 valence electrons. The average Bonchev–Trinajstić information content (AvgIpc) is 3.92. The van der Waals surface area contributed by atoms with E-state index in [4.69, 9.17) is 0 Å². The van der Waals surface area contributed by atoms with Gasteiger partial charge >= 0.3 is 0 Å². The second kappa shape index (κ2) is 16.0. The molecule has 3 nitrogen and oxygen atoms in total. The highest BCUT2D eigenvalue weighted by Crippen LogP contribution is 2.40. The van der Waals surface area contributed by atoms with E-state index in [9.17, 15) is 0 Å². The third kappa shape index (κ3) is 6.59. The highest BCUT2D eigenvalue weighted by atomic mass is 15.1. The van der Waals surface area contributed by atoms with Crippen molar-refractivity contribution in [3.8, 4) is 44.8 Å². The molecule has 0 aliphatic rings. The zero-order valence-corrected chi connectivity index (χ0v) is 36.7. The van der Waals surface area contributed by atoms with Crippen LogP contribution in [0.2, 0.25) is 0 Å². The summed E-state index contributed by atoms with van der Waals surface area (Å²) in [6.45, 7) is 0. The predicted octanol–water partition coefficient (Wildman–Crippen LogP) is 17.5. The molecule has 0 radical (unpaired) electrons. The number of benzene rings is 11. The second-order valence-corrected chi connectivity index (χ2v) is 17.3. The lowest BCUT2D eigenvalue weighted by molar-refractivity contribution is 1.17. The van der Waals surface area contributed by atoms with E-state index in [1.165, 1.54) is 82.2 Å². The van der Waals surface area contributed by atoms with Gasteiger partial charge in [0, 0.05) is 50.0 Å². The zero-order chi connectivity index (χ0) is 44.3. The van der Waals surface area contributed by atoms with Crippen LogP contribution in [-0.4, -0.2) is 9.13 Å². The van der Waals surface area contributed by atoms with Gasteiger partial charge in [-0.25, -0.2) is 0 Å². The van der Waals surface area contributed by atoms with Crippen molar-refractivity contribution in [1.82, 2.24) is 9.13 Å². The monoisotopic (exact) mass is 853 g/mol. The molecule has 2 heterocycles. The van der Waals surface area contributed by atoms with Crippen molar-refractivity contribution in [2.45, 2.75) is 0 Å². The molecule has 0 aliphatic heterocycles. The minimum Gasteiger partial charge on any atom is -0.311 e. The van der Waals surface area contributed by atoms with Crippen LogP contribution in [0.4, 0.5) is 17.1 Å². The molecule has 11 aromatic carbocycles. The fourth-order valence-electron chi connectivity index (χ4n) is 10.3. The molecule has 0 amide bonds. The molecule has 13 aromatic rings. The average molecular weight is 854 g/mol. The number of anilines is 3. The van der Waals surface area contributed by atoms with E-state index in [1.54, 1.807) is 0 Å². The normalized spacial score (nSPS) is 11.6. The fourth-order valence-corrected chi connectivity index (χ4v) is 10.3. The van der Waals surface area contributed by atoms with Crippen molar-refractivity contribution in [2.24, 2.45) is 0 Å². The summed E-state index contributed by atoms with van der Waals surface area (Å²) >= 11 is 0. The van der Waals surface area contributed by atoms with Crippen LogP contribution in [0.1, 0.15) is 0 Å². The first-order valence-corrected chi connectivity index (χ1v) is 23.0. The van der Waals surface area contributed by atoms with Crippen molar-refractivity contribution in [3.05, 3.63) is 261 Å². The van der Waals surface area contributed by atoms with Crippen LogP contribution in [0.15, 0.2) is 261 Å². The smallest absolute Gasteiger partial charge is 0.0541 e. The zero-order valence-electron chi connectivity index (χ0n) is 36.7. The van der Waals surface area contributed by atoms with Gasteiger partial charge < -0.3 is 14.0 Å². The minimum absolute atomic E-state index is 1.08. The maximum absolute atomic E-state index is 2.39. The summed E-state index contributed by atoms with van der Waals surface area (Å²) in [7, 11) is 0. The molecule has 0 atom stereocenters. The fraction of sp³-hybridized carbons (Fsp3) is 0. The van der Waals surface area contributed by atoms with Crippen LogP contribution in [0, 0.1) is 0 Å². The van der Waals surface area contributed by atoms with Crippen molar-refractivity contribution >= 4 is 71.4 Å². The van der Waals surface area contributed by atoms with Crippen LogP contribution < -0.4 is 4.90 Å². The molecule has 0 spiro atoms. The van der Waals surface area contributed by atoms with Crippen molar-refractivity contribution in [3.63, 3.8) is 0 Å². The molecule has 13 rings (SSSR count). The highest BCUT2D eigenvalue weighted by molar-refractivity contribution is 6.10. The van der Waals surface area contributed by atoms with Gasteiger partial charge in [-0.15, -0.1) is 0 Å². The predicted molar refractivity (Wildman–Crippen MR) is 284 cm³/mol. The van der Waals surface area contributed by atoms with Gasteiger partial charge in [-0.2, -0.15) is 0 Å². The van der Waals surface area contributed by atoms with Crippen LogP contribution in [0.3, 0.4) is 0 Å². The third-order valence-electron chi connectivity index (χ3n) is 13.5. The molecule has 3 heteroatoms. The number of aromatic nitrogens is 2. The Bertz CT molecular complexity index is 3840. The molecule has 0 aliphatic carbocycles. The van der Waals surface area contributed by atoms with Crippen molar-refractivity contribution in [2.75, 3.05) is 4.90 Å². The van der Waals surface area contributed by atoms with Crippen LogP contribution in [0.25, 0.3) is 99.1 Å². The standard InChI is InChI=1S/C64H43N3/c1-2-17-55-47(13-1)14-12-22-56(55)48-29-27-44(28-30-48)45-31-35-50(36-32-45)65(52-39-41-53(42-40-52)66-61-23-7-3-18-57(61)58-19-4-8-24-62(58)66)51-37-33-46(34-38-51)49-15-11-16-54(43-49)67-63-25-9-5-20-59(63)60-21-6-10-26-64(60)67/h1-43H. The summed E-state index contributed by atoms with van der Waals surface area (Å²) in [5, 5.41) is 7.56. The molecule has 0 fully saturated rings. The van der Waals surface area contributed by atoms with E-state index in [0.29, 0.717) is 0 Å². The Kier molecular flexibility index (Phi) is 9.17. The number of rotatable bonds is 8. The molecule has 0 saturated heterocycles. The Labute approximate surface area is 389 Å². The number of hydrogen-bond acceptors (Lipinski definition) is 1. The second-order valence-electron chi connectivity index (χ2n) is 17.3. The van der Waals surface area contributed by atoms with Crippen molar-refractivity contribution < 1.29 is 0 Å². The van der Waals surface area contributed by atoms with Gasteiger partial charge in [-0.3, -0.25) is 0 Å². The quantitative estimate of drug-likeness (QED) is 0.148. The highest BCUT2D eigenvalue weighted by Gasteiger charge is 2.17. The van der Waals surface area contributed by atoms with Gasteiger partial charge in [0.1, 0.15) is 0 Å². The summed E-state index contributed by atoms with van der Waals surface area (Å²) in [6.07, 6.45) is 0. The number of hydrogen-bond donors (Lipinski definition) is 0. The van der Waals surface area contributed by atoms with E-state index < -0.39 is 0 Å². The van der Waals surface area contributed by atoms with Gasteiger partial charge in [-0.05, 0) is 129 Å². The van der Waals surface area contributed by atoms with Crippen LogP contribution >= 0.6 is 0 Å². The van der Waals surface area contributed by atoms with Gasteiger partial charge in [-0.1, -0.05) is 176 Å². The number of para-hydroxylation sites is 4. The molecular formula is C64H43N3. The van der Waals surface area contributed by atoms with Crippen molar-refractivity contribution in [1.29, 1.82) is 0 Å². The molecule has 0 saturated carbocycles. The summed E-state index contributed by atoms with van der Waals surface area (Å²) in [5.41, 5.74) is 17.5. The molecule has 0 unspecified atom stereocenters. The largest absolute Gasteiger partial charge is 0.311 e. The summed E-state index contributed by atoms with van der Waals surface area (Å²) < 4.78 is 4.76. The van der Waals surface area contributed by atoms with Crippen LogP contribution in [0.5, 0.6) is 0 Å². The Morgan fingerprint density at radius 2 is 0.612 bits per heavy atom. The maximum atomic E-state index is 2.39. The Balaban J connectivity index is 0.869. The molecule has 2 aromatic heterocycles. The van der Waals surface area contributed by atoms with Gasteiger partial charge in [0.2, 0.25) is 0 Å². The summed E-state index contributed by atoms with van der Waals surface area (Å²) in [6, 6.07) is 94.8. The molecule has 0 bridgehead atoms. The summed E-state index contributed by atoms with van der Waals surface area (Å²) in [5.74, 6) is 0. The Hall–Kier alpha value is -8.92. The molecular weight excluding hydrogens is 811 g/mol. The lowest BCUT2D eigenvalue weighted by Gasteiger charge is -2.26. The Morgan fingerprint density at radius 1 is 0.239 bits per heavy atom. The first kappa shape index (κ1) is 38.5. The van der Waals surface area contributed by atoms with E-state index in [0.717, 1.165) is 34.0 Å². The van der Waals surface area contributed by atoms with E-state index in [2.05, 4.69) is 275 Å². The maximum Gasteiger partial charge on any atom is 0.0541 e. The third-order valence-corrected chi connectivity index (χ3v) is 13.5. The van der Waals surface area contributed by atoms with Gasteiger partial charge in [0.15, 0.2) is 0 Å². The Morgan fingerprint density at radius 3 is 1.13 bits per heavy atom. The van der Waals surface area contributed by atoms with Gasteiger partial charge in [0.05, 0.1) is 22.1 Å². The van der Waals surface area contributed by atoms with E-state index in [1.807, 2.05) is 0 Å². The first-order chi connectivity index (χ1) is 33.2. The summed E-state index contributed by atoms with van der Waals surface area (Å²) in [4.78, 5) is 2.36. The lowest BCUT2D eigenvalue weighted by Crippen LogP contribution is -2.10. The van der Waals surface area contributed by atoms with E-state index >= 15 is 0 Å². The van der Waals surface area contributed by atoms with Gasteiger partial charge in [0.25, 0.3) is 0 Å². The minimum atomic E-state index is 1.08. The lowest BCUT2D eigenvalue weighted by atomic mass is 9.96. The first-order valence-electron chi connectivity index (χ1n) is 23.0. The topological polar surface area (TPSA) is 13.1 Å². The molecule has 67 heavy (non-hydrogen) atoms. The van der Waals surface area contributed by atoms with E-state index in [-0.39, 0.29) is 0 Å². The number of nitrogens with zero attached hydrogens (tertiary/aromatic N) is 3.